The van der Waals surface area contributed by atoms with Crippen molar-refractivity contribution < 1.29 is 4.79 Å². The molecule has 0 unspecified atom stereocenters. The predicted octanol–water partition coefficient (Wildman–Crippen LogP) is 2.48. The Labute approximate surface area is 91.8 Å². The van der Waals surface area contributed by atoms with Crippen LogP contribution in [0.5, 0.6) is 0 Å². The van der Waals surface area contributed by atoms with Gasteiger partial charge in [0.2, 0.25) is 6.41 Å². The monoisotopic (exact) mass is 207 g/mol. The molecule has 4 rings (SSSR count). The van der Waals surface area contributed by atoms with Crippen molar-refractivity contribution in [3.8, 4) is 0 Å². The summed E-state index contributed by atoms with van der Waals surface area (Å²) >= 11 is 0. The van der Waals surface area contributed by atoms with Crippen LogP contribution in [0.4, 0.5) is 0 Å². The maximum absolute atomic E-state index is 10.8. The summed E-state index contributed by atoms with van der Waals surface area (Å²) in [6.45, 7) is 4.86. The van der Waals surface area contributed by atoms with Gasteiger partial charge in [-0.05, 0) is 55.3 Å². The first kappa shape index (κ1) is 9.68. The van der Waals surface area contributed by atoms with Crippen molar-refractivity contribution >= 4 is 6.41 Å². The maximum atomic E-state index is 10.8. The Balaban J connectivity index is 1.98. The minimum Gasteiger partial charge on any atom is -0.353 e. The Morgan fingerprint density at radius 1 is 1.07 bits per heavy atom. The lowest BCUT2D eigenvalue weighted by atomic mass is 9.43. The van der Waals surface area contributed by atoms with Gasteiger partial charge in [0.1, 0.15) is 0 Å². The van der Waals surface area contributed by atoms with E-state index in [1.165, 1.54) is 38.5 Å². The predicted molar refractivity (Wildman–Crippen MR) is 59.3 cm³/mol. The zero-order chi connectivity index (χ0) is 10.7. The molecule has 15 heavy (non-hydrogen) atoms. The standard InChI is InChI=1S/C13H21NO/c1-11-3-10-4-12(2,6-11)8-13(5-10,7-11)14-9-15/h9-10H,3-8H2,1-2H3,(H,14,15)/t10?,11-,12-,13?/m1/s1. The van der Waals surface area contributed by atoms with Crippen molar-refractivity contribution in [3.05, 3.63) is 0 Å². The largest absolute Gasteiger partial charge is 0.353 e. The van der Waals surface area contributed by atoms with Gasteiger partial charge in [-0.1, -0.05) is 13.8 Å². The third-order valence-corrected chi connectivity index (χ3v) is 4.99. The van der Waals surface area contributed by atoms with Crippen LogP contribution in [0, 0.1) is 16.7 Å². The molecular weight excluding hydrogens is 186 g/mol. The van der Waals surface area contributed by atoms with E-state index in [1.807, 2.05) is 0 Å². The van der Waals surface area contributed by atoms with Crippen molar-refractivity contribution in [2.75, 3.05) is 0 Å². The van der Waals surface area contributed by atoms with Crippen molar-refractivity contribution in [2.45, 2.75) is 57.9 Å². The summed E-state index contributed by atoms with van der Waals surface area (Å²) in [6, 6.07) is 0. The molecular formula is C13H21NO. The highest BCUT2D eigenvalue weighted by Gasteiger charge is 2.59. The fraction of sp³-hybridized carbons (Fsp3) is 0.923. The molecule has 4 bridgehead atoms. The van der Waals surface area contributed by atoms with Gasteiger partial charge in [0.05, 0.1) is 0 Å². The highest BCUT2D eigenvalue weighted by atomic mass is 16.1. The Morgan fingerprint density at radius 2 is 1.67 bits per heavy atom. The Morgan fingerprint density at radius 3 is 2.13 bits per heavy atom. The molecule has 0 heterocycles. The van der Waals surface area contributed by atoms with Crippen LogP contribution in [0.3, 0.4) is 0 Å². The van der Waals surface area contributed by atoms with E-state index < -0.39 is 0 Å². The number of carbonyl (C=O) groups is 1. The van der Waals surface area contributed by atoms with E-state index >= 15 is 0 Å². The molecule has 2 nitrogen and oxygen atoms in total. The highest BCUT2D eigenvalue weighted by molar-refractivity contribution is 5.48. The van der Waals surface area contributed by atoms with Crippen molar-refractivity contribution in [3.63, 3.8) is 0 Å². The zero-order valence-electron chi connectivity index (χ0n) is 9.81. The highest BCUT2D eigenvalue weighted by Crippen LogP contribution is 2.66. The number of hydrogen-bond acceptors (Lipinski definition) is 1. The van der Waals surface area contributed by atoms with Gasteiger partial charge < -0.3 is 5.32 Å². The SMILES string of the molecule is C[C@]12CC3CC(NC=O)(C1)C[C@](C)(C3)C2. The molecule has 84 valence electrons. The maximum Gasteiger partial charge on any atom is 0.207 e. The second-order valence-corrected chi connectivity index (χ2v) is 7.17. The second kappa shape index (κ2) is 2.58. The van der Waals surface area contributed by atoms with Gasteiger partial charge in [0.25, 0.3) is 0 Å². The molecule has 2 heteroatoms. The van der Waals surface area contributed by atoms with Crippen LogP contribution >= 0.6 is 0 Å². The van der Waals surface area contributed by atoms with Crippen LogP contribution in [0.15, 0.2) is 0 Å². The first-order chi connectivity index (χ1) is 6.97. The fourth-order valence-corrected chi connectivity index (χ4v) is 5.73. The van der Waals surface area contributed by atoms with Gasteiger partial charge in [0, 0.05) is 5.54 Å². The van der Waals surface area contributed by atoms with E-state index in [4.69, 9.17) is 0 Å². The van der Waals surface area contributed by atoms with E-state index in [0.29, 0.717) is 10.8 Å². The van der Waals surface area contributed by atoms with E-state index in [2.05, 4.69) is 19.2 Å². The Hall–Kier alpha value is -0.530. The van der Waals surface area contributed by atoms with Gasteiger partial charge in [-0.25, -0.2) is 0 Å². The molecule has 0 aromatic heterocycles. The van der Waals surface area contributed by atoms with Crippen molar-refractivity contribution in [1.82, 2.24) is 5.32 Å². The van der Waals surface area contributed by atoms with E-state index in [1.54, 1.807) is 0 Å². The molecule has 0 saturated heterocycles. The van der Waals surface area contributed by atoms with Crippen molar-refractivity contribution in [2.24, 2.45) is 16.7 Å². The average molecular weight is 207 g/mol. The smallest absolute Gasteiger partial charge is 0.207 e. The number of hydrogen-bond donors (Lipinski definition) is 1. The third-order valence-electron chi connectivity index (χ3n) is 4.99. The Bertz CT molecular complexity index is 294. The molecule has 0 aromatic carbocycles. The molecule has 2 atom stereocenters. The van der Waals surface area contributed by atoms with Crippen molar-refractivity contribution in [1.29, 1.82) is 0 Å². The van der Waals surface area contributed by atoms with Crippen LogP contribution in [-0.2, 0) is 4.79 Å². The molecule has 4 aliphatic carbocycles. The normalized spacial score (nSPS) is 56.8. The van der Waals surface area contributed by atoms with Gasteiger partial charge in [-0.2, -0.15) is 0 Å². The van der Waals surface area contributed by atoms with Gasteiger partial charge in [-0.15, -0.1) is 0 Å². The lowest BCUT2D eigenvalue weighted by Crippen LogP contribution is -2.63. The minimum atomic E-state index is 0.157. The number of amides is 1. The molecule has 0 spiro atoms. The molecule has 0 aliphatic heterocycles. The van der Waals surface area contributed by atoms with E-state index in [9.17, 15) is 4.79 Å². The second-order valence-electron chi connectivity index (χ2n) is 7.17. The van der Waals surface area contributed by atoms with Gasteiger partial charge >= 0.3 is 0 Å². The average Bonchev–Trinajstić information content (AvgIpc) is 1.94. The summed E-state index contributed by atoms with van der Waals surface area (Å²) in [5.41, 5.74) is 1.17. The number of nitrogens with one attached hydrogen (secondary N) is 1. The number of carbonyl (C=O) groups excluding carboxylic acids is 1. The molecule has 1 N–H and O–H groups in total. The van der Waals surface area contributed by atoms with Crippen LogP contribution in [0.1, 0.15) is 52.4 Å². The quantitative estimate of drug-likeness (QED) is 0.692. The number of rotatable bonds is 2. The summed E-state index contributed by atoms with van der Waals surface area (Å²) in [5, 5.41) is 3.16. The summed E-state index contributed by atoms with van der Waals surface area (Å²) < 4.78 is 0. The van der Waals surface area contributed by atoms with E-state index in [0.717, 1.165) is 12.3 Å². The zero-order valence-corrected chi connectivity index (χ0v) is 9.81. The topological polar surface area (TPSA) is 29.1 Å². The van der Waals surface area contributed by atoms with Crippen LogP contribution in [-0.4, -0.2) is 11.9 Å². The molecule has 4 aliphatic rings. The third kappa shape index (κ3) is 1.33. The summed E-state index contributed by atoms with van der Waals surface area (Å²) in [6.07, 6.45) is 8.75. The minimum absolute atomic E-state index is 0.157. The fourth-order valence-electron chi connectivity index (χ4n) is 5.73. The molecule has 0 aromatic rings. The van der Waals surface area contributed by atoms with Gasteiger partial charge in [-0.3, -0.25) is 4.79 Å². The first-order valence-corrected chi connectivity index (χ1v) is 6.18. The molecule has 1 amide bonds. The van der Waals surface area contributed by atoms with Gasteiger partial charge in [0.15, 0.2) is 0 Å². The summed E-state index contributed by atoms with van der Waals surface area (Å²) in [5.74, 6) is 0.865. The first-order valence-electron chi connectivity index (χ1n) is 6.18. The van der Waals surface area contributed by atoms with Crippen LogP contribution in [0.25, 0.3) is 0 Å². The summed E-state index contributed by atoms with van der Waals surface area (Å²) in [7, 11) is 0. The molecule has 0 radical (unpaired) electrons. The van der Waals surface area contributed by atoms with E-state index in [-0.39, 0.29) is 5.54 Å². The van der Waals surface area contributed by atoms with Crippen LogP contribution in [0.2, 0.25) is 0 Å². The molecule has 4 fully saturated rings. The van der Waals surface area contributed by atoms with Crippen LogP contribution < -0.4 is 5.32 Å². The summed E-state index contributed by atoms with van der Waals surface area (Å²) in [4.78, 5) is 10.8. The lowest BCUT2D eigenvalue weighted by Gasteiger charge is -2.65. The lowest BCUT2D eigenvalue weighted by molar-refractivity contribution is -0.131. The molecule has 4 saturated carbocycles. The Kier molecular flexibility index (Phi) is 1.67.